The number of carbonyl (C=O) groups excluding carboxylic acids is 1. The zero-order valence-electron chi connectivity index (χ0n) is 14.9. The van der Waals surface area contributed by atoms with E-state index in [1.165, 1.54) is 22.3 Å². The summed E-state index contributed by atoms with van der Waals surface area (Å²) in [6, 6.07) is 16.6. The van der Waals surface area contributed by atoms with Crippen molar-refractivity contribution in [2.45, 2.75) is 43.6 Å². The minimum absolute atomic E-state index is 0.0746. The lowest BCUT2D eigenvalue weighted by Crippen LogP contribution is -2.47. The second-order valence-corrected chi connectivity index (χ2v) is 7.41. The van der Waals surface area contributed by atoms with Gasteiger partial charge < -0.3 is 15.2 Å². The maximum absolute atomic E-state index is 12.4. The van der Waals surface area contributed by atoms with Gasteiger partial charge in [-0.15, -0.1) is 0 Å². The van der Waals surface area contributed by atoms with Crippen LogP contribution in [0.1, 0.15) is 49.1 Å². The van der Waals surface area contributed by atoms with Crippen molar-refractivity contribution in [2.24, 2.45) is 0 Å². The average molecular weight is 351 g/mol. The number of carbonyl (C=O) groups is 1. The molecule has 0 radical (unpaired) electrons. The molecule has 2 aromatic rings. The van der Waals surface area contributed by atoms with Crippen LogP contribution in [0.2, 0.25) is 0 Å². The molecular weight excluding hydrogens is 326 g/mol. The average Bonchev–Trinajstić information content (AvgIpc) is 3.23. The molecule has 0 aromatic heterocycles. The Morgan fingerprint density at radius 2 is 1.62 bits per heavy atom. The van der Waals surface area contributed by atoms with Crippen LogP contribution >= 0.6 is 0 Å². The van der Waals surface area contributed by atoms with Gasteiger partial charge in [-0.05, 0) is 41.5 Å². The van der Waals surface area contributed by atoms with Crippen molar-refractivity contribution >= 4 is 6.09 Å². The number of alkyl carbamates (subject to hydrolysis) is 1. The maximum Gasteiger partial charge on any atom is 0.407 e. The summed E-state index contributed by atoms with van der Waals surface area (Å²) in [6.07, 6.45) is 4.22. The van der Waals surface area contributed by atoms with E-state index in [-0.39, 0.29) is 24.2 Å². The zero-order chi connectivity index (χ0) is 18.0. The van der Waals surface area contributed by atoms with Gasteiger partial charge in [-0.1, -0.05) is 61.4 Å². The third-order valence-electron chi connectivity index (χ3n) is 5.86. The summed E-state index contributed by atoms with van der Waals surface area (Å²) in [7, 11) is 0. The highest BCUT2D eigenvalue weighted by Gasteiger charge is 2.36. The lowest BCUT2D eigenvalue weighted by atomic mass is 9.94. The molecule has 0 atom stereocenters. The normalized spacial score (nSPS) is 17.6. The van der Waals surface area contributed by atoms with Crippen molar-refractivity contribution in [1.29, 1.82) is 0 Å². The molecule has 1 fully saturated rings. The Balaban J connectivity index is 1.47. The first-order valence-electron chi connectivity index (χ1n) is 9.46. The molecule has 2 aliphatic carbocycles. The molecule has 0 saturated heterocycles. The molecule has 2 N–H and O–H groups in total. The summed E-state index contributed by atoms with van der Waals surface area (Å²) in [5.41, 5.74) is 4.59. The van der Waals surface area contributed by atoms with E-state index >= 15 is 0 Å². The van der Waals surface area contributed by atoms with Gasteiger partial charge in [0.1, 0.15) is 6.61 Å². The van der Waals surface area contributed by atoms with Gasteiger partial charge in [0.25, 0.3) is 0 Å². The van der Waals surface area contributed by atoms with Gasteiger partial charge in [-0.25, -0.2) is 4.79 Å². The molecule has 1 saturated carbocycles. The van der Waals surface area contributed by atoms with Crippen molar-refractivity contribution < 1.29 is 14.6 Å². The van der Waals surface area contributed by atoms with Gasteiger partial charge >= 0.3 is 6.09 Å². The first-order valence-corrected chi connectivity index (χ1v) is 9.46. The molecule has 136 valence electrons. The third-order valence-corrected chi connectivity index (χ3v) is 5.86. The van der Waals surface area contributed by atoms with E-state index in [9.17, 15) is 9.90 Å². The van der Waals surface area contributed by atoms with Crippen LogP contribution in [0, 0.1) is 0 Å². The predicted octanol–water partition coefficient (Wildman–Crippen LogP) is 4.22. The van der Waals surface area contributed by atoms with Gasteiger partial charge in [0, 0.05) is 18.1 Å². The van der Waals surface area contributed by atoms with E-state index in [4.69, 9.17) is 4.74 Å². The molecule has 1 amide bonds. The molecule has 0 unspecified atom stereocenters. The van der Waals surface area contributed by atoms with E-state index in [2.05, 4.69) is 29.6 Å². The molecule has 4 nitrogen and oxygen atoms in total. The maximum atomic E-state index is 12.4. The fourth-order valence-electron chi connectivity index (χ4n) is 4.55. The Bertz CT molecular complexity index is 750. The Labute approximate surface area is 154 Å². The van der Waals surface area contributed by atoms with Crippen LogP contribution in [0.25, 0.3) is 11.1 Å². The molecule has 2 aliphatic rings. The third kappa shape index (κ3) is 3.10. The molecule has 0 spiro atoms. The fourth-order valence-corrected chi connectivity index (χ4v) is 4.55. The number of nitrogens with one attached hydrogen (secondary N) is 1. The van der Waals surface area contributed by atoms with Gasteiger partial charge in [0.05, 0.1) is 0 Å². The zero-order valence-corrected chi connectivity index (χ0v) is 14.9. The van der Waals surface area contributed by atoms with Crippen molar-refractivity contribution in [3.05, 3.63) is 59.7 Å². The smallest absolute Gasteiger partial charge is 0.407 e. The summed E-state index contributed by atoms with van der Waals surface area (Å²) in [6.45, 7) is 0.415. The number of hydrogen-bond acceptors (Lipinski definition) is 3. The Morgan fingerprint density at radius 3 is 2.19 bits per heavy atom. The minimum atomic E-state index is -0.373. The first kappa shape index (κ1) is 17.1. The van der Waals surface area contributed by atoms with E-state index in [1.54, 1.807) is 0 Å². The Morgan fingerprint density at radius 1 is 1.04 bits per heavy atom. The van der Waals surface area contributed by atoms with E-state index < -0.39 is 0 Å². The Kier molecular flexibility index (Phi) is 4.68. The molecule has 4 rings (SSSR count). The van der Waals surface area contributed by atoms with Crippen molar-refractivity contribution in [1.82, 2.24) is 5.32 Å². The van der Waals surface area contributed by atoms with Crippen LogP contribution in [0.3, 0.4) is 0 Å². The van der Waals surface area contributed by atoms with E-state index in [0.717, 1.165) is 25.7 Å². The summed E-state index contributed by atoms with van der Waals surface area (Å²) in [4.78, 5) is 12.4. The summed E-state index contributed by atoms with van der Waals surface area (Å²) < 4.78 is 5.64. The van der Waals surface area contributed by atoms with Gasteiger partial charge in [0.2, 0.25) is 0 Å². The number of benzene rings is 2. The van der Waals surface area contributed by atoms with Gasteiger partial charge in [-0.3, -0.25) is 0 Å². The van der Waals surface area contributed by atoms with Crippen LogP contribution < -0.4 is 5.32 Å². The molecular formula is C22H25NO3. The van der Waals surface area contributed by atoms with Crippen LogP contribution in [-0.4, -0.2) is 30.0 Å². The minimum Gasteiger partial charge on any atom is -0.449 e. The quantitative estimate of drug-likeness (QED) is 0.848. The monoisotopic (exact) mass is 351 g/mol. The highest BCUT2D eigenvalue weighted by molar-refractivity contribution is 5.79. The number of rotatable bonds is 5. The van der Waals surface area contributed by atoms with Crippen molar-refractivity contribution in [2.75, 3.05) is 13.2 Å². The van der Waals surface area contributed by atoms with E-state index in [0.29, 0.717) is 13.0 Å². The molecule has 0 aliphatic heterocycles. The highest BCUT2D eigenvalue weighted by atomic mass is 16.5. The fraction of sp³-hybridized carbons (Fsp3) is 0.409. The van der Waals surface area contributed by atoms with Crippen LogP contribution in [0.15, 0.2) is 48.5 Å². The largest absolute Gasteiger partial charge is 0.449 e. The van der Waals surface area contributed by atoms with Crippen molar-refractivity contribution in [3.8, 4) is 11.1 Å². The molecule has 4 heteroatoms. The second-order valence-electron chi connectivity index (χ2n) is 7.41. The number of aliphatic hydroxyl groups is 1. The molecule has 0 bridgehead atoms. The molecule has 26 heavy (non-hydrogen) atoms. The lowest BCUT2D eigenvalue weighted by Gasteiger charge is -2.29. The summed E-state index contributed by atoms with van der Waals surface area (Å²) in [5, 5.41) is 12.4. The van der Waals surface area contributed by atoms with Gasteiger partial charge in [0.15, 0.2) is 0 Å². The predicted molar refractivity (Wildman–Crippen MR) is 101 cm³/mol. The summed E-state index contributed by atoms with van der Waals surface area (Å²) in [5.74, 6) is 0.0746. The van der Waals surface area contributed by atoms with Crippen LogP contribution in [-0.2, 0) is 4.74 Å². The standard InChI is InChI=1S/C22H25NO3/c24-14-13-22(11-5-6-12-22)23-21(25)26-15-20-18-9-3-1-7-16(18)17-8-2-4-10-19(17)20/h1-4,7-10,20,24H,5-6,11-15H2,(H,23,25). The second kappa shape index (κ2) is 7.12. The van der Waals surface area contributed by atoms with Crippen molar-refractivity contribution in [3.63, 3.8) is 0 Å². The van der Waals surface area contributed by atoms with E-state index in [1.807, 2.05) is 24.3 Å². The number of hydrogen-bond donors (Lipinski definition) is 2. The number of amides is 1. The van der Waals surface area contributed by atoms with Gasteiger partial charge in [-0.2, -0.15) is 0 Å². The van der Waals surface area contributed by atoms with Crippen LogP contribution in [0.5, 0.6) is 0 Å². The first-order chi connectivity index (χ1) is 12.7. The number of ether oxygens (including phenoxy) is 1. The topological polar surface area (TPSA) is 58.6 Å². The molecule has 0 heterocycles. The van der Waals surface area contributed by atoms with Crippen LogP contribution in [0.4, 0.5) is 4.79 Å². The molecule has 2 aromatic carbocycles. The SMILES string of the molecule is O=C(NC1(CCO)CCCC1)OCC1c2ccccc2-c2ccccc21. The number of aliphatic hydroxyl groups excluding tert-OH is 1. The highest BCUT2D eigenvalue weighted by Crippen LogP contribution is 2.44. The Hall–Kier alpha value is -2.33. The summed E-state index contributed by atoms with van der Waals surface area (Å²) >= 11 is 0. The number of fused-ring (bicyclic) bond motifs is 3. The lowest BCUT2D eigenvalue weighted by molar-refractivity contribution is 0.123.